The molecule has 3 aromatic rings. The Kier molecular flexibility index (Phi) is 1.96. The minimum Gasteiger partial charge on any atom is -0.297 e. The van der Waals surface area contributed by atoms with Crippen LogP contribution in [0.3, 0.4) is 0 Å². The van der Waals surface area contributed by atoms with Crippen LogP contribution in [-0.2, 0) is 0 Å². The number of nitrogens with zero attached hydrogens (tertiary/aromatic N) is 3. The fourth-order valence-electron chi connectivity index (χ4n) is 1.92. The van der Waals surface area contributed by atoms with Crippen LogP contribution >= 0.6 is 0 Å². The number of fused-ring (bicyclic) bond motifs is 1. The number of hydrogen-bond acceptors (Lipinski definition) is 2. The predicted molar refractivity (Wildman–Crippen MR) is 63.2 cm³/mol. The van der Waals surface area contributed by atoms with Crippen LogP contribution in [-0.4, -0.2) is 14.4 Å². The molecule has 0 aliphatic carbocycles. The van der Waals surface area contributed by atoms with E-state index < -0.39 is 0 Å². The molecule has 3 heteroatoms. The average molecular weight is 209 g/mol. The summed E-state index contributed by atoms with van der Waals surface area (Å²) in [5.41, 5.74) is 3.39. The highest BCUT2D eigenvalue weighted by Gasteiger charge is 2.06. The van der Waals surface area contributed by atoms with Crippen LogP contribution in [0.5, 0.6) is 0 Å². The second-order valence-electron chi connectivity index (χ2n) is 3.75. The molecule has 0 radical (unpaired) electrons. The second kappa shape index (κ2) is 3.45. The maximum Gasteiger partial charge on any atom is 0.144 e. The topological polar surface area (TPSA) is 30.2 Å². The molecule has 0 aromatic carbocycles. The van der Waals surface area contributed by atoms with Gasteiger partial charge in [-0.1, -0.05) is 6.07 Å². The maximum absolute atomic E-state index is 4.46. The molecule has 3 aromatic heterocycles. The predicted octanol–water partition coefficient (Wildman–Crippen LogP) is 2.70. The molecule has 0 spiro atoms. The molecule has 0 aliphatic heterocycles. The molecular weight excluding hydrogens is 198 g/mol. The Balaban J connectivity index is 2.33. The smallest absolute Gasteiger partial charge is 0.144 e. The normalized spacial score (nSPS) is 10.8. The minimum atomic E-state index is 0.968. The van der Waals surface area contributed by atoms with E-state index in [2.05, 4.69) is 33.4 Å². The first-order chi connectivity index (χ1) is 7.86. The third-order valence-corrected chi connectivity index (χ3v) is 2.68. The molecule has 3 nitrogen and oxygen atoms in total. The van der Waals surface area contributed by atoms with Crippen LogP contribution in [0.1, 0.15) is 5.69 Å². The van der Waals surface area contributed by atoms with Crippen molar-refractivity contribution in [2.75, 3.05) is 0 Å². The van der Waals surface area contributed by atoms with Crippen molar-refractivity contribution in [2.24, 2.45) is 0 Å². The lowest BCUT2D eigenvalue weighted by molar-refractivity contribution is 1.08. The van der Waals surface area contributed by atoms with Gasteiger partial charge < -0.3 is 0 Å². The Morgan fingerprint density at radius 2 is 1.88 bits per heavy atom. The molecule has 3 heterocycles. The zero-order valence-corrected chi connectivity index (χ0v) is 8.96. The lowest BCUT2D eigenvalue weighted by Crippen LogP contribution is -1.93. The summed E-state index contributed by atoms with van der Waals surface area (Å²) >= 11 is 0. The van der Waals surface area contributed by atoms with Gasteiger partial charge in [0.1, 0.15) is 5.82 Å². The van der Waals surface area contributed by atoms with Gasteiger partial charge in [-0.2, -0.15) is 0 Å². The van der Waals surface area contributed by atoms with E-state index in [-0.39, 0.29) is 0 Å². The van der Waals surface area contributed by atoms with Crippen LogP contribution in [0, 0.1) is 6.92 Å². The van der Waals surface area contributed by atoms with E-state index in [0.29, 0.717) is 0 Å². The number of imidazole rings is 1. The molecule has 0 atom stereocenters. The first-order valence-electron chi connectivity index (χ1n) is 5.20. The Morgan fingerprint density at radius 3 is 2.69 bits per heavy atom. The third-order valence-electron chi connectivity index (χ3n) is 2.68. The summed E-state index contributed by atoms with van der Waals surface area (Å²) in [4.78, 5) is 8.48. The number of aryl methyl sites for hydroxylation is 1. The third kappa shape index (κ3) is 1.29. The van der Waals surface area contributed by atoms with Crippen LogP contribution in [0.2, 0.25) is 0 Å². The van der Waals surface area contributed by atoms with Crippen LogP contribution in [0.25, 0.3) is 16.9 Å². The van der Waals surface area contributed by atoms with Crippen LogP contribution < -0.4 is 0 Å². The number of aromatic nitrogens is 3. The monoisotopic (exact) mass is 209 g/mol. The maximum atomic E-state index is 4.46. The van der Waals surface area contributed by atoms with Gasteiger partial charge in [0.05, 0.1) is 11.7 Å². The van der Waals surface area contributed by atoms with Crippen molar-refractivity contribution in [3.8, 4) is 11.4 Å². The first kappa shape index (κ1) is 9.09. The van der Waals surface area contributed by atoms with Gasteiger partial charge in [0.25, 0.3) is 0 Å². The van der Waals surface area contributed by atoms with E-state index in [0.717, 1.165) is 16.9 Å². The van der Waals surface area contributed by atoms with Gasteiger partial charge in [-0.25, -0.2) is 4.98 Å². The number of hydrogen-bond donors (Lipinski definition) is 0. The van der Waals surface area contributed by atoms with Gasteiger partial charge in [0.2, 0.25) is 0 Å². The van der Waals surface area contributed by atoms with Gasteiger partial charge >= 0.3 is 0 Å². The summed E-state index contributed by atoms with van der Waals surface area (Å²) in [6.07, 6.45) is 5.46. The van der Waals surface area contributed by atoms with Gasteiger partial charge in [0.15, 0.2) is 0 Å². The zero-order valence-electron chi connectivity index (χ0n) is 8.96. The summed E-state index contributed by atoms with van der Waals surface area (Å²) in [6.45, 7) is 2.08. The van der Waals surface area contributed by atoms with Crippen LogP contribution in [0.15, 0.2) is 48.9 Å². The van der Waals surface area contributed by atoms with E-state index in [4.69, 9.17) is 0 Å². The van der Waals surface area contributed by atoms with E-state index in [1.807, 2.05) is 24.4 Å². The van der Waals surface area contributed by atoms with Crippen molar-refractivity contribution in [2.45, 2.75) is 6.92 Å². The molecule has 78 valence electrons. The van der Waals surface area contributed by atoms with E-state index in [1.165, 1.54) is 5.69 Å². The Hall–Kier alpha value is -2.16. The molecule has 0 N–H and O–H groups in total. The van der Waals surface area contributed by atoms with E-state index in [1.54, 1.807) is 12.4 Å². The molecule has 0 saturated heterocycles. The fraction of sp³-hybridized carbons (Fsp3) is 0.0769. The van der Waals surface area contributed by atoms with Gasteiger partial charge in [-0.05, 0) is 31.2 Å². The molecule has 0 amide bonds. The molecule has 3 rings (SSSR count). The zero-order chi connectivity index (χ0) is 11.0. The van der Waals surface area contributed by atoms with E-state index in [9.17, 15) is 0 Å². The Bertz CT molecular complexity index is 626. The quantitative estimate of drug-likeness (QED) is 0.616. The Labute approximate surface area is 93.4 Å². The average Bonchev–Trinajstić information content (AvgIpc) is 2.75. The lowest BCUT2D eigenvalue weighted by Gasteiger charge is -2.04. The fourth-order valence-corrected chi connectivity index (χ4v) is 1.92. The highest BCUT2D eigenvalue weighted by molar-refractivity contribution is 5.62. The van der Waals surface area contributed by atoms with Gasteiger partial charge in [-0.15, -0.1) is 0 Å². The standard InChI is InChI=1S/C13H11N3/c1-10-3-2-4-12-9-15-13(16(10)12)11-5-7-14-8-6-11/h2-9H,1H3. The van der Waals surface area contributed by atoms with Crippen molar-refractivity contribution in [1.82, 2.24) is 14.4 Å². The Morgan fingerprint density at radius 1 is 1.06 bits per heavy atom. The van der Waals surface area contributed by atoms with Crippen molar-refractivity contribution in [1.29, 1.82) is 0 Å². The molecule has 0 aliphatic rings. The van der Waals surface area contributed by atoms with Crippen molar-refractivity contribution >= 4 is 5.52 Å². The van der Waals surface area contributed by atoms with Crippen LogP contribution in [0.4, 0.5) is 0 Å². The highest BCUT2D eigenvalue weighted by atomic mass is 15.0. The van der Waals surface area contributed by atoms with Crippen molar-refractivity contribution in [3.63, 3.8) is 0 Å². The molecule has 0 fully saturated rings. The molecule has 0 bridgehead atoms. The van der Waals surface area contributed by atoms with Crippen molar-refractivity contribution in [3.05, 3.63) is 54.6 Å². The van der Waals surface area contributed by atoms with Gasteiger partial charge in [-0.3, -0.25) is 9.38 Å². The number of pyridine rings is 2. The summed E-state index contributed by atoms with van der Waals surface area (Å²) in [5.74, 6) is 0.968. The van der Waals surface area contributed by atoms with E-state index >= 15 is 0 Å². The number of rotatable bonds is 1. The first-order valence-corrected chi connectivity index (χ1v) is 5.20. The summed E-state index contributed by atoms with van der Waals surface area (Å²) in [7, 11) is 0. The minimum absolute atomic E-state index is 0.968. The highest BCUT2D eigenvalue weighted by Crippen LogP contribution is 2.20. The molecule has 0 unspecified atom stereocenters. The lowest BCUT2D eigenvalue weighted by atomic mass is 10.2. The van der Waals surface area contributed by atoms with Gasteiger partial charge in [0, 0.05) is 23.7 Å². The summed E-state index contributed by atoms with van der Waals surface area (Å²) < 4.78 is 2.15. The summed E-state index contributed by atoms with van der Waals surface area (Å²) in [5, 5.41) is 0. The van der Waals surface area contributed by atoms with Crippen molar-refractivity contribution < 1.29 is 0 Å². The second-order valence-corrected chi connectivity index (χ2v) is 3.75. The molecule has 0 saturated carbocycles. The molecular formula is C13H11N3. The molecule has 16 heavy (non-hydrogen) atoms. The summed E-state index contributed by atoms with van der Waals surface area (Å²) in [6, 6.07) is 10.1. The largest absolute Gasteiger partial charge is 0.297 e. The SMILES string of the molecule is Cc1cccc2cnc(-c3ccncc3)n12.